The van der Waals surface area contributed by atoms with Crippen LogP contribution >= 0.6 is 0 Å². The van der Waals surface area contributed by atoms with E-state index in [0.717, 1.165) is 17.5 Å². The van der Waals surface area contributed by atoms with Gasteiger partial charge in [-0.15, -0.1) is 0 Å². The van der Waals surface area contributed by atoms with Gasteiger partial charge in [0.2, 0.25) is 11.8 Å². The third-order valence-corrected chi connectivity index (χ3v) is 5.89. The molecule has 1 aliphatic heterocycles. The fraction of sp³-hybridized carbons (Fsp3) is 0.222. The van der Waals surface area contributed by atoms with E-state index in [0.29, 0.717) is 29.3 Å². The summed E-state index contributed by atoms with van der Waals surface area (Å²) in [6.07, 6.45) is 0.993. The predicted octanol–water partition coefficient (Wildman–Crippen LogP) is 5.13. The molecule has 0 aliphatic carbocycles. The quantitative estimate of drug-likeness (QED) is 0.597. The molecular formula is C27H25N3O3. The summed E-state index contributed by atoms with van der Waals surface area (Å²) < 4.78 is 5.85. The summed E-state index contributed by atoms with van der Waals surface area (Å²) in [5, 5.41) is 11.9. The maximum absolute atomic E-state index is 12.9. The van der Waals surface area contributed by atoms with Gasteiger partial charge in [0.15, 0.2) is 0 Å². The Morgan fingerprint density at radius 2 is 1.82 bits per heavy atom. The summed E-state index contributed by atoms with van der Waals surface area (Å²) in [6.45, 7) is 4.07. The van der Waals surface area contributed by atoms with Gasteiger partial charge in [-0.3, -0.25) is 9.59 Å². The summed E-state index contributed by atoms with van der Waals surface area (Å²) in [7, 11) is 0. The van der Waals surface area contributed by atoms with E-state index in [1.165, 1.54) is 5.56 Å². The van der Waals surface area contributed by atoms with Gasteiger partial charge in [-0.05, 0) is 72.5 Å². The number of fused-ring (bicyclic) bond motifs is 1. The lowest BCUT2D eigenvalue weighted by Gasteiger charge is -2.36. The molecule has 1 atom stereocenters. The molecule has 33 heavy (non-hydrogen) atoms. The molecule has 1 heterocycles. The van der Waals surface area contributed by atoms with E-state index in [9.17, 15) is 9.59 Å². The number of anilines is 1. The maximum atomic E-state index is 12.9. The van der Waals surface area contributed by atoms with Crippen molar-refractivity contribution in [2.24, 2.45) is 0 Å². The molecule has 4 rings (SSSR count). The molecule has 1 unspecified atom stereocenters. The highest BCUT2D eigenvalue weighted by Crippen LogP contribution is 2.33. The second-order valence-corrected chi connectivity index (χ2v) is 8.14. The first-order valence-corrected chi connectivity index (χ1v) is 10.9. The highest BCUT2D eigenvalue weighted by Gasteiger charge is 2.30. The normalized spacial score (nSPS) is 14.7. The molecule has 6 heteroatoms. The number of nitrogens with zero attached hydrogens (tertiary/aromatic N) is 2. The standard InChI is InChI=1S/C27H25N3O3/c1-18-15-23(33-22-9-7-20(17-28)8-10-22)11-12-25(18)29-27(32)16-26-24-6-4-3-5-21(24)13-14-30(26)19(2)31/h3-12,15,26H,13-14,16H2,1-2H3,(H,29,32). The number of aryl methyl sites for hydroxylation is 1. The lowest BCUT2D eigenvalue weighted by atomic mass is 9.90. The highest BCUT2D eigenvalue weighted by molar-refractivity contribution is 5.92. The second-order valence-electron chi connectivity index (χ2n) is 8.14. The summed E-state index contributed by atoms with van der Waals surface area (Å²) in [6, 6.07) is 22.1. The van der Waals surface area contributed by atoms with Gasteiger partial charge in [0, 0.05) is 19.2 Å². The Bertz CT molecular complexity index is 1230. The molecule has 0 fully saturated rings. The molecule has 1 aliphatic rings. The fourth-order valence-electron chi connectivity index (χ4n) is 4.20. The summed E-state index contributed by atoms with van der Waals surface area (Å²) in [5.74, 6) is 1.10. The molecule has 0 aromatic heterocycles. The predicted molar refractivity (Wildman–Crippen MR) is 126 cm³/mol. The minimum absolute atomic E-state index is 0.0252. The Labute approximate surface area is 193 Å². The van der Waals surface area contributed by atoms with Gasteiger partial charge in [-0.25, -0.2) is 0 Å². The number of nitriles is 1. The van der Waals surface area contributed by atoms with E-state index >= 15 is 0 Å². The summed E-state index contributed by atoms with van der Waals surface area (Å²) in [5.41, 5.74) is 4.36. The molecule has 0 saturated heterocycles. The number of carbonyl (C=O) groups excluding carboxylic acids is 2. The van der Waals surface area contributed by atoms with Crippen molar-refractivity contribution in [1.82, 2.24) is 4.90 Å². The Morgan fingerprint density at radius 3 is 2.52 bits per heavy atom. The SMILES string of the molecule is CC(=O)N1CCc2ccccc2C1CC(=O)Nc1ccc(Oc2ccc(C#N)cc2)cc1C. The smallest absolute Gasteiger partial charge is 0.226 e. The number of amides is 2. The first-order valence-electron chi connectivity index (χ1n) is 10.9. The highest BCUT2D eigenvalue weighted by atomic mass is 16.5. The Hall–Kier alpha value is -4.11. The molecule has 2 amide bonds. The van der Waals surface area contributed by atoms with Crippen LogP contribution in [0.4, 0.5) is 5.69 Å². The van der Waals surface area contributed by atoms with Gasteiger partial charge in [0.25, 0.3) is 0 Å². The third-order valence-electron chi connectivity index (χ3n) is 5.89. The number of benzene rings is 3. The second kappa shape index (κ2) is 9.58. The monoisotopic (exact) mass is 439 g/mol. The number of nitrogens with one attached hydrogen (secondary N) is 1. The molecule has 0 saturated carbocycles. The number of rotatable bonds is 5. The van der Waals surface area contributed by atoms with Gasteiger partial charge in [0.1, 0.15) is 11.5 Å². The fourth-order valence-corrected chi connectivity index (χ4v) is 4.20. The first kappa shape index (κ1) is 22.1. The zero-order valence-corrected chi connectivity index (χ0v) is 18.7. The molecule has 6 nitrogen and oxygen atoms in total. The van der Waals surface area contributed by atoms with Crippen LogP contribution in [0.2, 0.25) is 0 Å². The van der Waals surface area contributed by atoms with Crippen molar-refractivity contribution in [1.29, 1.82) is 5.26 Å². The van der Waals surface area contributed by atoms with Crippen molar-refractivity contribution in [3.8, 4) is 17.6 Å². The maximum Gasteiger partial charge on any atom is 0.226 e. The molecule has 3 aromatic carbocycles. The van der Waals surface area contributed by atoms with Crippen molar-refractivity contribution in [3.05, 3.63) is 89.0 Å². The molecule has 166 valence electrons. The van der Waals surface area contributed by atoms with E-state index < -0.39 is 0 Å². The van der Waals surface area contributed by atoms with Crippen molar-refractivity contribution in [3.63, 3.8) is 0 Å². The molecule has 0 bridgehead atoms. The Kier molecular flexibility index (Phi) is 6.41. The van der Waals surface area contributed by atoms with Crippen LogP contribution in [0.5, 0.6) is 11.5 Å². The van der Waals surface area contributed by atoms with Gasteiger partial charge in [0.05, 0.1) is 24.1 Å². The van der Waals surface area contributed by atoms with Crippen LogP contribution < -0.4 is 10.1 Å². The molecule has 0 spiro atoms. The van der Waals surface area contributed by atoms with Crippen LogP contribution in [0.25, 0.3) is 0 Å². The zero-order chi connectivity index (χ0) is 23.4. The van der Waals surface area contributed by atoms with Gasteiger partial charge in [-0.1, -0.05) is 24.3 Å². The van der Waals surface area contributed by atoms with E-state index in [1.54, 1.807) is 42.2 Å². The van der Waals surface area contributed by atoms with Crippen LogP contribution in [0.1, 0.15) is 41.6 Å². The third kappa shape index (κ3) is 5.04. The molecule has 3 aromatic rings. The van der Waals surface area contributed by atoms with Crippen molar-refractivity contribution in [2.75, 3.05) is 11.9 Å². The van der Waals surface area contributed by atoms with Crippen LogP contribution in [0.15, 0.2) is 66.7 Å². The van der Waals surface area contributed by atoms with Crippen molar-refractivity contribution >= 4 is 17.5 Å². The van der Waals surface area contributed by atoms with E-state index in [4.69, 9.17) is 10.00 Å². The van der Waals surface area contributed by atoms with Crippen molar-refractivity contribution < 1.29 is 14.3 Å². The van der Waals surface area contributed by atoms with Crippen LogP contribution in [-0.2, 0) is 16.0 Å². The largest absolute Gasteiger partial charge is 0.457 e. The minimum atomic E-state index is -0.272. The van der Waals surface area contributed by atoms with Crippen molar-refractivity contribution in [2.45, 2.75) is 32.7 Å². The van der Waals surface area contributed by atoms with Gasteiger partial charge >= 0.3 is 0 Å². The van der Waals surface area contributed by atoms with Gasteiger partial charge in [-0.2, -0.15) is 5.26 Å². The van der Waals surface area contributed by atoms with Crippen LogP contribution in [0.3, 0.4) is 0 Å². The van der Waals surface area contributed by atoms with Crippen LogP contribution in [0, 0.1) is 18.3 Å². The lowest BCUT2D eigenvalue weighted by molar-refractivity contribution is -0.132. The number of carbonyl (C=O) groups is 2. The Balaban J connectivity index is 1.46. The minimum Gasteiger partial charge on any atom is -0.457 e. The van der Waals surface area contributed by atoms with E-state index in [2.05, 4.69) is 17.5 Å². The average Bonchev–Trinajstić information content (AvgIpc) is 2.81. The zero-order valence-electron chi connectivity index (χ0n) is 18.7. The average molecular weight is 440 g/mol. The first-order chi connectivity index (χ1) is 15.9. The topological polar surface area (TPSA) is 82.4 Å². The number of ether oxygens (including phenoxy) is 1. The molecule has 1 N–H and O–H groups in total. The number of hydrogen-bond donors (Lipinski definition) is 1. The van der Waals surface area contributed by atoms with E-state index in [-0.39, 0.29) is 24.3 Å². The van der Waals surface area contributed by atoms with Crippen LogP contribution in [-0.4, -0.2) is 23.3 Å². The molecular weight excluding hydrogens is 414 g/mol. The molecule has 0 radical (unpaired) electrons. The number of hydrogen-bond acceptors (Lipinski definition) is 4. The summed E-state index contributed by atoms with van der Waals surface area (Å²) in [4.78, 5) is 26.9. The summed E-state index contributed by atoms with van der Waals surface area (Å²) >= 11 is 0. The lowest BCUT2D eigenvalue weighted by Crippen LogP contribution is -2.40. The van der Waals surface area contributed by atoms with Gasteiger partial charge < -0.3 is 15.0 Å². The Morgan fingerprint density at radius 1 is 1.09 bits per heavy atom. The van der Waals surface area contributed by atoms with E-state index in [1.807, 2.05) is 37.3 Å².